The normalized spacial score (nSPS) is 16.1. The number of aromatic nitrogens is 1. The van der Waals surface area contributed by atoms with E-state index in [4.69, 9.17) is 4.74 Å². The highest BCUT2D eigenvalue weighted by Crippen LogP contribution is 2.24. The van der Waals surface area contributed by atoms with E-state index in [0.29, 0.717) is 19.7 Å². The molecule has 4 rings (SSSR count). The van der Waals surface area contributed by atoms with E-state index < -0.39 is 0 Å². The summed E-state index contributed by atoms with van der Waals surface area (Å²) in [5.74, 6) is 0.771. The number of aromatic amines is 1. The highest BCUT2D eigenvalue weighted by atomic mass is 16.5. The molecule has 1 fully saturated rings. The third-order valence-electron chi connectivity index (χ3n) is 5.19. The molecular formula is C23H26N4O3. The van der Waals surface area contributed by atoms with Crippen LogP contribution in [0, 0.1) is 6.92 Å². The summed E-state index contributed by atoms with van der Waals surface area (Å²) in [6.07, 6.45) is 0.287. The van der Waals surface area contributed by atoms with Crippen molar-refractivity contribution in [3.63, 3.8) is 0 Å². The lowest BCUT2D eigenvalue weighted by Crippen LogP contribution is -2.43. The van der Waals surface area contributed by atoms with Gasteiger partial charge in [-0.3, -0.25) is 4.79 Å². The van der Waals surface area contributed by atoms with Crippen LogP contribution >= 0.6 is 0 Å². The van der Waals surface area contributed by atoms with Gasteiger partial charge >= 0.3 is 6.03 Å². The van der Waals surface area contributed by atoms with Crippen molar-refractivity contribution in [2.75, 3.05) is 18.1 Å². The van der Waals surface area contributed by atoms with Gasteiger partial charge in [0.05, 0.1) is 12.6 Å². The molecule has 30 heavy (non-hydrogen) atoms. The number of carbonyl (C=O) groups is 2. The number of fused-ring (bicyclic) bond motifs is 1. The van der Waals surface area contributed by atoms with Crippen LogP contribution in [-0.4, -0.2) is 36.1 Å². The second-order valence-corrected chi connectivity index (χ2v) is 7.53. The molecule has 1 aliphatic heterocycles. The van der Waals surface area contributed by atoms with E-state index in [0.717, 1.165) is 33.6 Å². The molecule has 0 aliphatic carbocycles. The lowest BCUT2D eigenvalue weighted by Gasteiger charge is -2.18. The molecule has 3 N–H and O–H groups in total. The number of urea groups is 1. The topological polar surface area (TPSA) is 86.5 Å². The summed E-state index contributed by atoms with van der Waals surface area (Å²) >= 11 is 0. The van der Waals surface area contributed by atoms with Gasteiger partial charge in [-0.15, -0.1) is 0 Å². The first-order chi connectivity index (χ1) is 14.5. The summed E-state index contributed by atoms with van der Waals surface area (Å²) < 4.78 is 5.44. The maximum atomic E-state index is 12.4. The number of hydrogen-bond acceptors (Lipinski definition) is 3. The van der Waals surface area contributed by atoms with Crippen LogP contribution in [0.15, 0.2) is 48.5 Å². The third kappa shape index (κ3) is 4.40. The molecule has 0 unspecified atom stereocenters. The fourth-order valence-corrected chi connectivity index (χ4v) is 3.80. The smallest absolute Gasteiger partial charge is 0.315 e. The highest BCUT2D eigenvalue weighted by molar-refractivity contribution is 5.96. The van der Waals surface area contributed by atoms with Crippen LogP contribution in [0.1, 0.15) is 24.6 Å². The van der Waals surface area contributed by atoms with Gasteiger partial charge in [0.2, 0.25) is 5.91 Å². The van der Waals surface area contributed by atoms with Crippen molar-refractivity contribution in [1.82, 2.24) is 15.6 Å². The molecule has 3 amide bonds. The molecule has 7 nitrogen and oxygen atoms in total. The van der Waals surface area contributed by atoms with E-state index in [1.54, 1.807) is 4.90 Å². The largest absolute Gasteiger partial charge is 0.494 e. The van der Waals surface area contributed by atoms with E-state index in [9.17, 15) is 9.59 Å². The number of carbonyl (C=O) groups excluding carboxylic acids is 2. The van der Waals surface area contributed by atoms with E-state index in [-0.39, 0.29) is 24.4 Å². The van der Waals surface area contributed by atoms with Crippen LogP contribution in [0.4, 0.5) is 10.5 Å². The standard InChI is InChI=1S/C23H26N4O3/c1-3-30-20-7-5-19(6-8-20)27-14-18(12-22(27)28)26-23(29)24-13-16-4-9-21-17(11-16)10-15(2)25-21/h4-11,18,25H,3,12-14H2,1-2H3,(H2,24,26,29)/t18-/m1/s1. The summed E-state index contributed by atoms with van der Waals surface area (Å²) in [7, 11) is 0. The Morgan fingerprint density at radius 2 is 2.00 bits per heavy atom. The van der Waals surface area contributed by atoms with Gasteiger partial charge in [0.15, 0.2) is 0 Å². The summed E-state index contributed by atoms with van der Waals surface area (Å²) in [4.78, 5) is 29.7. The first-order valence-electron chi connectivity index (χ1n) is 10.2. The molecule has 0 bridgehead atoms. The monoisotopic (exact) mass is 406 g/mol. The van der Waals surface area contributed by atoms with E-state index in [1.807, 2.05) is 50.2 Å². The highest BCUT2D eigenvalue weighted by Gasteiger charge is 2.31. The van der Waals surface area contributed by atoms with E-state index in [2.05, 4.69) is 27.8 Å². The average Bonchev–Trinajstić information content (AvgIpc) is 3.28. The van der Waals surface area contributed by atoms with Crippen molar-refractivity contribution in [3.8, 4) is 5.75 Å². The predicted octanol–water partition coefficient (Wildman–Crippen LogP) is 3.48. The Hall–Kier alpha value is -3.48. The fraction of sp³-hybridized carbons (Fsp3) is 0.304. The number of rotatable bonds is 6. The predicted molar refractivity (Wildman–Crippen MR) is 117 cm³/mol. The molecule has 156 valence electrons. The Morgan fingerprint density at radius 1 is 1.20 bits per heavy atom. The number of benzene rings is 2. The van der Waals surface area contributed by atoms with Crippen LogP contribution in [0.5, 0.6) is 5.75 Å². The average molecular weight is 406 g/mol. The molecule has 0 saturated carbocycles. The molecule has 1 aliphatic rings. The first-order valence-corrected chi connectivity index (χ1v) is 10.2. The Labute approximate surface area is 175 Å². The van der Waals surface area contributed by atoms with Gasteiger partial charge in [-0.05, 0) is 67.3 Å². The minimum absolute atomic E-state index is 0.00209. The molecule has 2 heterocycles. The van der Waals surface area contributed by atoms with E-state index in [1.165, 1.54) is 0 Å². The van der Waals surface area contributed by atoms with Crippen LogP contribution in [0.3, 0.4) is 0 Å². The number of aryl methyl sites for hydroxylation is 1. The third-order valence-corrected chi connectivity index (χ3v) is 5.19. The van der Waals surface area contributed by atoms with Crippen molar-refractivity contribution in [1.29, 1.82) is 0 Å². The van der Waals surface area contributed by atoms with Crippen molar-refractivity contribution in [2.24, 2.45) is 0 Å². The van der Waals surface area contributed by atoms with Gasteiger partial charge in [0.1, 0.15) is 5.75 Å². The zero-order valence-corrected chi connectivity index (χ0v) is 17.2. The van der Waals surface area contributed by atoms with Crippen molar-refractivity contribution in [3.05, 3.63) is 59.8 Å². The van der Waals surface area contributed by atoms with Crippen LogP contribution in [-0.2, 0) is 11.3 Å². The van der Waals surface area contributed by atoms with Crippen molar-refractivity contribution < 1.29 is 14.3 Å². The van der Waals surface area contributed by atoms with Crippen LogP contribution in [0.25, 0.3) is 10.9 Å². The zero-order valence-electron chi connectivity index (χ0n) is 17.2. The Balaban J connectivity index is 1.30. The van der Waals surface area contributed by atoms with Crippen molar-refractivity contribution in [2.45, 2.75) is 32.9 Å². The summed E-state index contributed by atoms with van der Waals surface area (Å²) in [5.41, 5.74) is 4.02. The molecule has 0 spiro atoms. The molecule has 3 aromatic rings. The first kappa shape index (κ1) is 19.8. The molecule has 7 heteroatoms. The lowest BCUT2D eigenvalue weighted by molar-refractivity contribution is -0.117. The maximum absolute atomic E-state index is 12.4. The fourth-order valence-electron chi connectivity index (χ4n) is 3.80. The SMILES string of the molecule is CCOc1ccc(N2C[C@H](NC(=O)NCc3ccc4[nH]c(C)cc4c3)CC2=O)cc1. The summed E-state index contributed by atoms with van der Waals surface area (Å²) in [5, 5.41) is 6.92. The van der Waals surface area contributed by atoms with Crippen LogP contribution in [0.2, 0.25) is 0 Å². The second-order valence-electron chi connectivity index (χ2n) is 7.53. The molecule has 1 saturated heterocycles. The number of nitrogens with zero attached hydrogens (tertiary/aromatic N) is 1. The minimum Gasteiger partial charge on any atom is -0.494 e. The molecule has 2 aromatic carbocycles. The van der Waals surface area contributed by atoms with Crippen LogP contribution < -0.4 is 20.3 Å². The van der Waals surface area contributed by atoms with Gasteiger partial charge < -0.3 is 25.3 Å². The Morgan fingerprint density at radius 3 is 2.77 bits per heavy atom. The summed E-state index contributed by atoms with van der Waals surface area (Å²) in [6, 6.07) is 15.1. The Bertz CT molecular complexity index is 1060. The minimum atomic E-state index is -0.272. The van der Waals surface area contributed by atoms with E-state index >= 15 is 0 Å². The Kier molecular flexibility index (Phi) is 5.61. The summed E-state index contributed by atoms with van der Waals surface area (Å²) in [6.45, 7) is 5.43. The molecular weight excluding hydrogens is 380 g/mol. The van der Waals surface area contributed by atoms with Gasteiger partial charge in [0.25, 0.3) is 0 Å². The number of amides is 3. The van der Waals surface area contributed by atoms with Gasteiger partial charge in [-0.2, -0.15) is 0 Å². The number of hydrogen-bond donors (Lipinski definition) is 3. The lowest BCUT2D eigenvalue weighted by atomic mass is 10.1. The van der Waals surface area contributed by atoms with Gasteiger partial charge in [-0.25, -0.2) is 4.79 Å². The zero-order chi connectivity index (χ0) is 21.1. The molecule has 1 atom stereocenters. The number of nitrogens with one attached hydrogen (secondary N) is 3. The molecule has 1 aromatic heterocycles. The number of anilines is 1. The number of ether oxygens (including phenoxy) is 1. The van der Waals surface area contributed by atoms with Gasteiger partial charge in [0, 0.05) is 36.4 Å². The number of H-pyrrole nitrogens is 1. The van der Waals surface area contributed by atoms with Crippen molar-refractivity contribution >= 4 is 28.5 Å². The second kappa shape index (κ2) is 8.49. The quantitative estimate of drug-likeness (QED) is 0.586. The van der Waals surface area contributed by atoms with Gasteiger partial charge in [-0.1, -0.05) is 6.07 Å². The maximum Gasteiger partial charge on any atom is 0.315 e. The molecule has 0 radical (unpaired) electrons.